The van der Waals surface area contributed by atoms with Gasteiger partial charge in [-0.25, -0.2) is 23.0 Å². The molecule has 9 nitrogen and oxygen atoms in total. The summed E-state index contributed by atoms with van der Waals surface area (Å²) in [6.07, 6.45) is 1.03. The first-order valence-corrected chi connectivity index (χ1v) is 11.9. The largest absolute Gasteiger partial charge is 0.491 e. The summed E-state index contributed by atoms with van der Waals surface area (Å²) in [5.41, 5.74) is 5.91. The number of rotatable bonds is 8. The van der Waals surface area contributed by atoms with E-state index in [4.69, 9.17) is 10.5 Å². The molecule has 2 rings (SSSR count). The Morgan fingerprint density at radius 3 is 2.59 bits per heavy atom. The SMILES string of the molecule is CC(C)COc1ccccc1N(C(=O)C(N)=O)c1nc(CNS(C)(=O)=O)c(Br)s1. The second-order valence-electron chi connectivity index (χ2n) is 6.49. The molecule has 3 N–H and O–H groups in total. The Kier molecular flexibility index (Phi) is 7.74. The lowest BCUT2D eigenvalue weighted by Gasteiger charge is -2.22. The number of aromatic nitrogens is 1. The molecule has 0 saturated carbocycles. The van der Waals surface area contributed by atoms with Gasteiger partial charge in [-0.2, -0.15) is 0 Å². The van der Waals surface area contributed by atoms with E-state index < -0.39 is 21.8 Å². The lowest BCUT2D eigenvalue weighted by atomic mass is 10.2. The first-order chi connectivity index (χ1) is 13.5. The normalized spacial score (nSPS) is 11.5. The van der Waals surface area contributed by atoms with E-state index in [2.05, 4.69) is 25.6 Å². The fourth-order valence-corrected chi connectivity index (χ4v) is 4.04. The zero-order valence-corrected chi connectivity index (χ0v) is 19.2. The van der Waals surface area contributed by atoms with Crippen molar-refractivity contribution >= 4 is 59.9 Å². The number of hydrogen-bond donors (Lipinski definition) is 2. The van der Waals surface area contributed by atoms with Gasteiger partial charge < -0.3 is 10.5 Å². The molecule has 1 aromatic heterocycles. The van der Waals surface area contributed by atoms with Crippen LogP contribution in [0.2, 0.25) is 0 Å². The fourth-order valence-electron chi connectivity index (χ4n) is 2.16. The smallest absolute Gasteiger partial charge is 0.322 e. The van der Waals surface area contributed by atoms with Crippen molar-refractivity contribution in [2.75, 3.05) is 17.8 Å². The van der Waals surface area contributed by atoms with Crippen LogP contribution in [-0.2, 0) is 26.2 Å². The van der Waals surface area contributed by atoms with Gasteiger partial charge in [-0.05, 0) is 34.0 Å². The van der Waals surface area contributed by atoms with Crippen molar-refractivity contribution in [1.29, 1.82) is 0 Å². The van der Waals surface area contributed by atoms with Gasteiger partial charge in [0.1, 0.15) is 5.75 Å². The van der Waals surface area contributed by atoms with E-state index >= 15 is 0 Å². The molecule has 2 amide bonds. The number of thiazole rings is 1. The number of carbonyl (C=O) groups is 2. The van der Waals surface area contributed by atoms with E-state index in [0.29, 0.717) is 27.5 Å². The molecule has 0 fully saturated rings. The molecule has 0 atom stereocenters. The average Bonchev–Trinajstić information content (AvgIpc) is 2.99. The molecule has 0 aliphatic rings. The second kappa shape index (κ2) is 9.65. The molecule has 0 aliphatic heterocycles. The zero-order valence-electron chi connectivity index (χ0n) is 16.0. The molecule has 158 valence electrons. The monoisotopic (exact) mass is 504 g/mol. The van der Waals surface area contributed by atoms with Crippen molar-refractivity contribution in [1.82, 2.24) is 9.71 Å². The van der Waals surface area contributed by atoms with Crippen molar-refractivity contribution in [3.63, 3.8) is 0 Å². The minimum absolute atomic E-state index is 0.0833. The molecule has 12 heteroatoms. The van der Waals surface area contributed by atoms with Crippen LogP contribution in [0.3, 0.4) is 0 Å². The highest BCUT2D eigenvalue weighted by Crippen LogP contribution is 2.39. The predicted octanol–water partition coefficient (Wildman–Crippen LogP) is 2.14. The fraction of sp³-hybridized carbons (Fsp3) is 0.353. The Morgan fingerprint density at radius 2 is 2.00 bits per heavy atom. The highest BCUT2D eigenvalue weighted by molar-refractivity contribution is 9.11. The minimum Gasteiger partial charge on any atom is -0.491 e. The van der Waals surface area contributed by atoms with Crippen LogP contribution in [0, 0.1) is 5.92 Å². The topological polar surface area (TPSA) is 132 Å². The van der Waals surface area contributed by atoms with Crippen molar-refractivity contribution in [2.45, 2.75) is 20.4 Å². The quantitative estimate of drug-likeness (QED) is 0.529. The van der Waals surface area contributed by atoms with Crippen LogP contribution < -0.4 is 20.1 Å². The van der Waals surface area contributed by atoms with E-state index in [-0.39, 0.29) is 17.6 Å². The Labute approximate surface area is 181 Å². The van der Waals surface area contributed by atoms with Gasteiger partial charge in [0, 0.05) is 0 Å². The maximum atomic E-state index is 12.6. The number of nitrogens with one attached hydrogen (secondary N) is 1. The van der Waals surface area contributed by atoms with Crippen LogP contribution in [0.15, 0.2) is 28.1 Å². The standard InChI is InChI=1S/C17H21BrN4O5S2/c1-10(2)9-27-13-7-5-4-6-12(13)22(16(24)15(19)23)17-21-11(14(18)28-17)8-20-29(3,25)26/h4-7,10,20H,8-9H2,1-3H3,(H2,19,23). The van der Waals surface area contributed by atoms with Crippen LogP contribution in [0.25, 0.3) is 0 Å². The van der Waals surface area contributed by atoms with Crippen LogP contribution in [0.5, 0.6) is 5.75 Å². The molecule has 1 heterocycles. The van der Waals surface area contributed by atoms with Crippen LogP contribution in [0.4, 0.5) is 10.8 Å². The number of ether oxygens (including phenoxy) is 1. The number of primary amides is 1. The average molecular weight is 505 g/mol. The highest BCUT2D eigenvalue weighted by atomic mass is 79.9. The molecule has 0 aliphatic carbocycles. The number of anilines is 2. The van der Waals surface area contributed by atoms with Crippen molar-refractivity contribution in [3.8, 4) is 5.75 Å². The molecule has 0 spiro atoms. The Morgan fingerprint density at radius 1 is 1.34 bits per heavy atom. The number of nitrogens with zero attached hydrogens (tertiary/aromatic N) is 2. The van der Waals surface area contributed by atoms with Gasteiger partial charge in [-0.3, -0.25) is 9.59 Å². The van der Waals surface area contributed by atoms with Crippen molar-refractivity contribution in [3.05, 3.63) is 33.7 Å². The number of carbonyl (C=O) groups excluding carboxylic acids is 2. The van der Waals surface area contributed by atoms with E-state index in [1.54, 1.807) is 24.3 Å². The summed E-state index contributed by atoms with van der Waals surface area (Å²) in [5.74, 6) is -1.52. The summed E-state index contributed by atoms with van der Waals surface area (Å²) in [6.45, 7) is 4.28. The highest BCUT2D eigenvalue weighted by Gasteiger charge is 2.29. The molecule has 1 aromatic carbocycles. The molecular weight excluding hydrogens is 484 g/mol. The number of sulfonamides is 1. The van der Waals surface area contributed by atoms with E-state index in [0.717, 1.165) is 22.5 Å². The summed E-state index contributed by atoms with van der Waals surface area (Å²) in [7, 11) is -3.44. The number of halogens is 1. The number of benzene rings is 1. The first-order valence-electron chi connectivity index (χ1n) is 8.45. The molecule has 0 saturated heterocycles. The summed E-state index contributed by atoms with van der Waals surface area (Å²) in [5, 5.41) is 0.145. The predicted molar refractivity (Wildman–Crippen MR) is 115 cm³/mol. The number of amides is 2. The second-order valence-corrected chi connectivity index (χ2v) is 10.6. The molecule has 0 unspecified atom stereocenters. The van der Waals surface area contributed by atoms with Crippen molar-refractivity contribution < 1.29 is 22.7 Å². The summed E-state index contributed by atoms with van der Waals surface area (Å²) < 4.78 is 31.3. The van der Waals surface area contributed by atoms with Crippen LogP contribution in [0.1, 0.15) is 19.5 Å². The minimum atomic E-state index is -3.44. The van der Waals surface area contributed by atoms with Gasteiger partial charge >= 0.3 is 11.8 Å². The maximum absolute atomic E-state index is 12.6. The lowest BCUT2D eigenvalue weighted by Crippen LogP contribution is -2.37. The number of para-hydroxylation sites is 2. The van der Waals surface area contributed by atoms with Gasteiger partial charge in [0.25, 0.3) is 0 Å². The summed E-state index contributed by atoms with van der Waals surface area (Å²) in [6, 6.07) is 6.72. The van der Waals surface area contributed by atoms with E-state index in [9.17, 15) is 18.0 Å². The van der Waals surface area contributed by atoms with Gasteiger partial charge in [0.05, 0.1) is 34.6 Å². The molecule has 2 aromatic rings. The molecule has 0 radical (unpaired) electrons. The molecule has 29 heavy (non-hydrogen) atoms. The third kappa shape index (κ3) is 6.49. The Balaban J connectivity index is 2.49. The maximum Gasteiger partial charge on any atom is 0.322 e. The van der Waals surface area contributed by atoms with Gasteiger partial charge in [0.15, 0.2) is 5.13 Å². The van der Waals surface area contributed by atoms with Crippen molar-refractivity contribution in [2.24, 2.45) is 11.7 Å². The van der Waals surface area contributed by atoms with E-state index in [1.807, 2.05) is 13.8 Å². The summed E-state index contributed by atoms with van der Waals surface area (Å²) >= 11 is 4.38. The van der Waals surface area contributed by atoms with E-state index in [1.165, 1.54) is 0 Å². The summed E-state index contributed by atoms with van der Waals surface area (Å²) in [4.78, 5) is 29.7. The van der Waals surface area contributed by atoms with Crippen LogP contribution in [-0.4, -0.2) is 38.1 Å². The Bertz CT molecular complexity index is 1010. The number of hydrogen-bond acceptors (Lipinski definition) is 7. The van der Waals surface area contributed by atoms with Gasteiger partial charge in [-0.1, -0.05) is 37.3 Å². The Hall–Kier alpha value is -2.02. The van der Waals surface area contributed by atoms with Gasteiger partial charge in [0.2, 0.25) is 10.0 Å². The van der Waals surface area contributed by atoms with Gasteiger partial charge in [-0.15, -0.1) is 0 Å². The first kappa shape index (κ1) is 23.3. The molecule has 0 bridgehead atoms. The van der Waals surface area contributed by atoms with Crippen LogP contribution >= 0.6 is 27.3 Å². The lowest BCUT2D eigenvalue weighted by molar-refractivity contribution is -0.135. The third-order valence-electron chi connectivity index (χ3n) is 3.42. The third-order valence-corrected chi connectivity index (χ3v) is 5.91. The number of nitrogens with two attached hydrogens (primary N) is 1. The molecular formula is C17H21BrN4O5S2. The zero-order chi connectivity index (χ0) is 21.8.